The quantitative estimate of drug-likeness (QED) is 0.420. The predicted molar refractivity (Wildman–Crippen MR) is 129 cm³/mol. The highest BCUT2D eigenvalue weighted by Gasteiger charge is 2.47. The summed E-state index contributed by atoms with van der Waals surface area (Å²) in [4.78, 5) is 0. The first-order valence-corrected chi connectivity index (χ1v) is 12.8. The van der Waals surface area contributed by atoms with Crippen LogP contribution in [0.15, 0.2) is 40.9 Å². The summed E-state index contributed by atoms with van der Waals surface area (Å²) in [7, 11) is 0. The maximum atomic E-state index is 6.29. The van der Waals surface area contributed by atoms with Crippen molar-refractivity contribution in [3.8, 4) is 11.5 Å². The lowest BCUT2D eigenvalue weighted by Crippen LogP contribution is -2.54. The minimum absolute atomic E-state index is 0.406. The van der Waals surface area contributed by atoms with Gasteiger partial charge in [-0.1, -0.05) is 29.8 Å². The van der Waals surface area contributed by atoms with Crippen LogP contribution in [0.5, 0.6) is 11.5 Å². The molecule has 0 heterocycles. The standard InChI is InChI=1S/C26H31BrClNO2/c1-2-30-24-13-18(12-22(27)26(24)31-15-19-5-3-4-6-23(19)28)14-29-25-20-8-16-7-17(10-20)11-21(25)9-16/h3-6,12-13,16-17,20-21,25,29H,2,7-11,14-15H2,1H3. The van der Waals surface area contributed by atoms with E-state index in [1.54, 1.807) is 0 Å². The van der Waals surface area contributed by atoms with Gasteiger partial charge in [-0.3, -0.25) is 0 Å². The average molecular weight is 505 g/mol. The van der Waals surface area contributed by atoms with Gasteiger partial charge >= 0.3 is 0 Å². The third-order valence-electron chi connectivity index (χ3n) is 7.47. The highest BCUT2D eigenvalue weighted by molar-refractivity contribution is 9.10. The van der Waals surface area contributed by atoms with Gasteiger partial charge in [-0.25, -0.2) is 0 Å². The van der Waals surface area contributed by atoms with Crippen molar-refractivity contribution in [1.29, 1.82) is 0 Å². The molecule has 0 saturated heterocycles. The van der Waals surface area contributed by atoms with Gasteiger partial charge in [-0.2, -0.15) is 0 Å². The topological polar surface area (TPSA) is 30.5 Å². The van der Waals surface area contributed by atoms with E-state index in [9.17, 15) is 0 Å². The summed E-state index contributed by atoms with van der Waals surface area (Å²) in [6.07, 6.45) is 7.25. The van der Waals surface area contributed by atoms with Crippen LogP contribution in [0.3, 0.4) is 0 Å². The molecule has 0 spiro atoms. The van der Waals surface area contributed by atoms with E-state index in [0.717, 1.165) is 51.8 Å². The van der Waals surface area contributed by atoms with Crippen LogP contribution in [0.25, 0.3) is 0 Å². The van der Waals surface area contributed by atoms with Crippen LogP contribution in [-0.4, -0.2) is 12.6 Å². The van der Waals surface area contributed by atoms with Gasteiger partial charge in [0.25, 0.3) is 0 Å². The fraction of sp³-hybridized carbons (Fsp3) is 0.538. The molecule has 4 fully saturated rings. The maximum absolute atomic E-state index is 6.29. The molecule has 4 aliphatic rings. The van der Waals surface area contributed by atoms with Crippen molar-refractivity contribution < 1.29 is 9.47 Å². The fourth-order valence-corrected chi connectivity index (χ4v) is 7.18. The monoisotopic (exact) mass is 503 g/mol. The summed E-state index contributed by atoms with van der Waals surface area (Å²) < 4.78 is 13.0. The number of rotatable bonds is 8. The second-order valence-electron chi connectivity index (χ2n) is 9.56. The first-order chi connectivity index (χ1) is 15.1. The zero-order valence-corrected chi connectivity index (χ0v) is 20.4. The second kappa shape index (κ2) is 9.33. The molecule has 0 radical (unpaired) electrons. The van der Waals surface area contributed by atoms with Crippen molar-refractivity contribution in [3.05, 3.63) is 57.0 Å². The van der Waals surface area contributed by atoms with Crippen LogP contribution in [0.2, 0.25) is 5.02 Å². The molecule has 3 nitrogen and oxygen atoms in total. The lowest BCUT2D eigenvalue weighted by molar-refractivity contribution is -0.0142. The van der Waals surface area contributed by atoms with Crippen LogP contribution in [0, 0.1) is 23.7 Å². The third kappa shape index (κ3) is 4.62. The molecular weight excluding hydrogens is 474 g/mol. The number of nitrogens with one attached hydrogen (secondary N) is 1. The average Bonchev–Trinajstić information content (AvgIpc) is 2.73. The summed E-state index contributed by atoms with van der Waals surface area (Å²) in [5.41, 5.74) is 2.19. The van der Waals surface area contributed by atoms with E-state index in [4.69, 9.17) is 21.1 Å². The van der Waals surface area contributed by atoms with Crippen LogP contribution in [0.1, 0.15) is 50.2 Å². The highest BCUT2D eigenvalue weighted by atomic mass is 79.9. The lowest BCUT2D eigenvalue weighted by atomic mass is 9.54. The van der Waals surface area contributed by atoms with Gasteiger partial charge in [0.2, 0.25) is 0 Å². The second-order valence-corrected chi connectivity index (χ2v) is 10.8. The Morgan fingerprint density at radius 3 is 2.39 bits per heavy atom. The van der Waals surface area contributed by atoms with Gasteiger partial charge in [-0.15, -0.1) is 0 Å². The molecular formula is C26H31BrClNO2. The molecule has 0 aromatic heterocycles. The minimum atomic E-state index is 0.406. The number of ether oxygens (including phenoxy) is 2. The zero-order chi connectivity index (χ0) is 21.4. The van der Waals surface area contributed by atoms with E-state index in [0.29, 0.717) is 24.3 Å². The molecule has 4 saturated carbocycles. The summed E-state index contributed by atoms with van der Waals surface area (Å²) in [6, 6.07) is 12.7. The first kappa shape index (κ1) is 21.6. The van der Waals surface area contributed by atoms with Crippen LogP contribution in [-0.2, 0) is 13.2 Å². The van der Waals surface area contributed by atoms with Crippen molar-refractivity contribution in [3.63, 3.8) is 0 Å². The van der Waals surface area contributed by atoms with E-state index < -0.39 is 0 Å². The van der Waals surface area contributed by atoms with Gasteiger partial charge in [-0.05, 0) is 102 Å². The SMILES string of the molecule is CCOc1cc(CNC2C3CC4CC(C3)CC2C4)cc(Br)c1OCc1ccccc1Cl. The Kier molecular flexibility index (Phi) is 6.50. The number of hydrogen-bond acceptors (Lipinski definition) is 3. The van der Waals surface area contributed by atoms with Gasteiger partial charge in [0, 0.05) is 23.2 Å². The highest BCUT2D eigenvalue weighted by Crippen LogP contribution is 2.53. The van der Waals surface area contributed by atoms with E-state index in [2.05, 4.69) is 33.4 Å². The molecule has 4 bridgehead atoms. The molecule has 0 amide bonds. The van der Waals surface area contributed by atoms with Gasteiger partial charge in [0.05, 0.1) is 11.1 Å². The number of benzene rings is 2. The van der Waals surface area contributed by atoms with Crippen molar-refractivity contribution in [1.82, 2.24) is 5.32 Å². The molecule has 6 rings (SSSR count). The van der Waals surface area contributed by atoms with E-state index in [1.165, 1.54) is 37.7 Å². The summed E-state index contributed by atoms with van der Waals surface area (Å²) in [5, 5.41) is 4.64. The Morgan fingerprint density at radius 2 is 1.71 bits per heavy atom. The Hall–Kier alpha value is -1.23. The van der Waals surface area contributed by atoms with Crippen LogP contribution in [0.4, 0.5) is 0 Å². The number of hydrogen-bond donors (Lipinski definition) is 1. The summed E-state index contributed by atoms with van der Waals surface area (Å²) in [5.74, 6) is 5.29. The molecule has 2 aromatic rings. The van der Waals surface area contributed by atoms with Crippen molar-refractivity contribution >= 4 is 27.5 Å². The molecule has 0 atom stereocenters. The van der Waals surface area contributed by atoms with Crippen LogP contribution < -0.4 is 14.8 Å². The zero-order valence-electron chi connectivity index (χ0n) is 18.1. The molecule has 4 aliphatic carbocycles. The Bertz CT molecular complexity index is 906. The smallest absolute Gasteiger partial charge is 0.175 e. The van der Waals surface area contributed by atoms with Crippen LogP contribution >= 0.6 is 27.5 Å². The van der Waals surface area contributed by atoms with Crippen molar-refractivity contribution in [2.75, 3.05) is 6.61 Å². The lowest BCUT2D eigenvalue weighted by Gasteiger charge is -2.54. The molecule has 2 aromatic carbocycles. The number of halogens is 2. The molecule has 0 unspecified atom stereocenters. The maximum Gasteiger partial charge on any atom is 0.175 e. The molecule has 0 aliphatic heterocycles. The Balaban J connectivity index is 1.28. The Morgan fingerprint density at radius 1 is 1.00 bits per heavy atom. The first-order valence-electron chi connectivity index (χ1n) is 11.7. The molecule has 166 valence electrons. The molecule has 1 N–H and O–H groups in total. The minimum Gasteiger partial charge on any atom is -0.490 e. The largest absolute Gasteiger partial charge is 0.490 e. The van der Waals surface area contributed by atoms with Gasteiger partial charge in [0.1, 0.15) is 6.61 Å². The third-order valence-corrected chi connectivity index (χ3v) is 8.43. The predicted octanol–water partition coefficient (Wildman–Crippen LogP) is 6.99. The van der Waals surface area contributed by atoms with Gasteiger partial charge in [0.15, 0.2) is 11.5 Å². The van der Waals surface area contributed by atoms with E-state index >= 15 is 0 Å². The van der Waals surface area contributed by atoms with Crippen molar-refractivity contribution in [2.45, 2.75) is 58.2 Å². The summed E-state index contributed by atoms with van der Waals surface area (Å²) in [6.45, 7) is 3.88. The van der Waals surface area contributed by atoms with E-state index in [1.807, 2.05) is 31.2 Å². The summed E-state index contributed by atoms with van der Waals surface area (Å²) >= 11 is 10.0. The molecule has 31 heavy (non-hydrogen) atoms. The van der Waals surface area contributed by atoms with Gasteiger partial charge < -0.3 is 14.8 Å². The van der Waals surface area contributed by atoms with E-state index in [-0.39, 0.29) is 0 Å². The Labute approximate surface area is 199 Å². The molecule has 5 heteroatoms. The normalized spacial score (nSPS) is 28.7. The fourth-order valence-electron chi connectivity index (χ4n) is 6.39. The van der Waals surface area contributed by atoms with Crippen molar-refractivity contribution in [2.24, 2.45) is 23.7 Å².